The van der Waals surface area contributed by atoms with Gasteiger partial charge in [0.05, 0.1) is 0 Å². The molecule has 1 heterocycles. The minimum absolute atomic E-state index is 0.187. The molecular weight excluding hydrogens is 512 g/mol. The van der Waals surface area contributed by atoms with Crippen LogP contribution in [-0.4, -0.2) is 28.2 Å². The van der Waals surface area contributed by atoms with Crippen LogP contribution in [0.4, 0.5) is 17.6 Å². The third-order valence-corrected chi connectivity index (χ3v) is 7.06. The molecule has 0 aromatic heterocycles. The lowest BCUT2D eigenvalue weighted by molar-refractivity contribution is -0.172. The van der Waals surface area contributed by atoms with Crippen LogP contribution in [0.3, 0.4) is 0 Å². The molecule has 4 nitrogen and oxygen atoms in total. The van der Waals surface area contributed by atoms with Crippen molar-refractivity contribution in [2.24, 2.45) is 0 Å². The zero-order valence-corrected chi connectivity index (χ0v) is 21.1. The quantitative estimate of drug-likeness (QED) is 0.299. The SMILES string of the molecule is CC1(C)O[C@@H](C(O)(c2ccc(F)cc2)c2ccc(F)cc2)[C@H](C(O)(c2ccc(F)cc2)c2ccc(F)cc2)O1. The smallest absolute Gasteiger partial charge is 0.164 e. The zero-order valence-electron chi connectivity index (χ0n) is 21.1. The fourth-order valence-electron chi connectivity index (χ4n) is 5.18. The first kappa shape index (κ1) is 27.0. The van der Waals surface area contributed by atoms with E-state index in [0.717, 1.165) is 48.5 Å². The zero-order chi connectivity index (χ0) is 28.0. The van der Waals surface area contributed by atoms with Gasteiger partial charge in [-0.15, -0.1) is 0 Å². The van der Waals surface area contributed by atoms with Gasteiger partial charge in [-0.2, -0.15) is 0 Å². The maximum atomic E-state index is 13.9. The Labute approximate surface area is 223 Å². The molecule has 8 heteroatoms. The van der Waals surface area contributed by atoms with E-state index in [1.54, 1.807) is 13.8 Å². The van der Waals surface area contributed by atoms with E-state index in [-0.39, 0.29) is 22.3 Å². The molecule has 0 radical (unpaired) electrons. The van der Waals surface area contributed by atoms with E-state index in [1.807, 2.05) is 0 Å². The number of aliphatic hydroxyl groups is 2. The molecule has 0 bridgehead atoms. The van der Waals surface area contributed by atoms with Crippen molar-refractivity contribution in [3.05, 3.63) is 143 Å². The maximum Gasteiger partial charge on any atom is 0.164 e. The predicted octanol–water partition coefficient (Wildman–Crippen LogP) is 5.94. The molecule has 0 unspecified atom stereocenters. The van der Waals surface area contributed by atoms with Crippen molar-refractivity contribution in [2.75, 3.05) is 0 Å². The van der Waals surface area contributed by atoms with E-state index in [1.165, 1.54) is 48.5 Å². The van der Waals surface area contributed by atoms with Gasteiger partial charge in [-0.3, -0.25) is 0 Å². The topological polar surface area (TPSA) is 58.9 Å². The summed E-state index contributed by atoms with van der Waals surface area (Å²) in [4.78, 5) is 0. The Morgan fingerprint density at radius 3 is 0.897 bits per heavy atom. The lowest BCUT2D eigenvalue weighted by atomic mass is 9.72. The van der Waals surface area contributed by atoms with Crippen LogP contribution in [0.1, 0.15) is 36.1 Å². The second-order valence-corrected chi connectivity index (χ2v) is 10.0. The lowest BCUT2D eigenvalue weighted by Gasteiger charge is -2.42. The second-order valence-electron chi connectivity index (χ2n) is 10.0. The maximum absolute atomic E-state index is 13.9. The first-order valence-electron chi connectivity index (χ1n) is 12.3. The summed E-state index contributed by atoms with van der Waals surface area (Å²) in [6.45, 7) is 3.18. The average molecular weight is 539 g/mol. The van der Waals surface area contributed by atoms with Gasteiger partial charge in [0.1, 0.15) is 46.7 Å². The highest BCUT2D eigenvalue weighted by Gasteiger charge is 2.61. The highest BCUT2D eigenvalue weighted by atomic mass is 19.1. The summed E-state index contributed by atoms with van der Waals surface area (Å²) in [6, 6.07) is 20.2. The molecule has 0 spiro atoms. The van der Waals surface area contributed by atoms with E-state index in [2.05, 4.69) is 0 Å². The Kier molecular flexibility index (Phi) is 6.84. The number of ether oxygens (including phenoxy) is 2. The fraction of sp³-hybridized carbons (Fsp3) is 0.226. The van der Waals surface area contributed by atoms with Crippen LogP contribution >= 0.6 is 0 Å². The summed E-state index contributed by atoms with van der Waals surface area (Å²) >= 11 is 0. The summed E-state index contributed by atoms with van der Waals surface area (Å²) in [6.07, 6.45) is -2.77. The number of halogens is 4. The molecule has 202 valence electrons. The number of hydrogen-bond donors (Lipinski definition) is 2. The lowest BCUT2D eigenvalue weighted by Crippen LogP contribution is -2.55. The van der Waals surface area contributed by atoms with Gasteiger partial charge >= 0.3 is 0 Å². The van der Waals surface area contributed by atoms with Gasteiger partial charge in [-0.25, -0.2) is 17.6 Å². The van der Waals surface area contributed by atoms with Crippen molar-refractivity contribution in [2.45, 2.75) is 43.0 Å². The first-order chi connectivity index (χ1) is 18.4. The van der Waals surface area contributed by atoms with Crippen LogP contribution in [0, 0.1) is 23.3 Å². The average Bonchev–Trinajstić information content (AvgIpc) is 3.25. The Hall–Kier alpha value is -3.56. The van der Waals surface area contributed by atoms with Gasteiger partial charge in [0, 0.05) is 0 Å². The highest BCUT2D eigenvalue weighted by Crippen LogP contribution is 2.50. The summed E-state index contributed by atoms with van der Waals surface area (Å²) in [5.74, 6) is -3.55. The number of benzene rings is 4. The minimum atomic E-state index is -2.10. The van der Waals surface area contributed by atoms with Crippen molar-refractivity contribution >= 4 is 0 Å². The molecule has 5 rings (SSSR count). The summed E-state index contributed by atoms with van der Waals surface area (Å²) in [5.41, 5.74) is -3.46. The molecule has 39 heavy (non-hydrogen) atoms. The summed E-state index contributed by atoms with van der Waals surface area (Å²) < 4.78 is 68.2. The molecule has 1 aliphatic heterocycles. The Balaban J connectivity index is 1.77. The van der Waals surface area contributed by atoms with Crippen LogP contribution in [-0.2, 0) is 20.7 Å². The second kappa shape index (κ2) is 9.88. The molecule has 2 atom stereocenters. The van der Waals surface area contributed by atoms with Gasteiger partial charge in [0.15, 0.2) is 5.79 Å². The largest absolute Gasteiger partial charge is 0.378 e. The number of rotatable bonds is 6. The summed E-state index contributed by atoms with van der Waals surface area (Å²) in [5, 5.41) is 25.0. The molecule has 1 aliphatic rings. The molecule has 0 aliphatic carbocycles. The van der Waals surface area contributed by atoms with Crippen LogP contribution < -0.4 is 0 Å². The van der Waals surface area contributed by atoms with Gasteiger partial charge in [0.2, 0.25) is 0 Å². The van der Waals surface area contributed by atoms with Crippen molar-refractivity contribution in [1.82, 2.24) is 0 Å². The van der Waals surface area contributed by atoms with E-state index in [9.17, 15) is 27.8 Å². The van der Waals surface area contributed by atoms with Crippen LogP contribution in [0.2, 0.25) is 0 Å². The van der Waals surface area contributed by atoms with Gasteiger partial charge in [0.25, 0.3) is 0 Å². The third-order valence-electron chi connectivity index (χ3n) is 7.06. The van der Waals surface area contributed by atoms with Crippen LogP contribution in [0.5, 0.6) is 0 Å². The van der Waals surface area contributed by atoms with Crippen molar-refractivity contribution in [3.63, 3.8) is 0 Å². The molecule has 1 fully saturated rings. The first-order valence-corrected chi connectivity index (χ1v) is 12.3. The van der Waals surface area contributed by atoms with Crippen LogP contribution in [0.15, 0.2) is 97.1 Å². The molecular formula is C31H26F4O4. The molecule has 1 saturated heterocycles. The Morgan fingerprint density at radius 1 is 0.487 bits per heavy atom. The minimum Gasteiger partial charge on any atom is -0.378 e. The number of hydrogen-bond acceptors (Lipinski definition) is 4. The standard InChI is InChI=1S/C31H26F4O4/c1-29(2)38-27(30(36,19-3-11-23(32)12-4-19)20-5-13-24(33)14-6-20)28(39-29)31(37,21-7-15-25(34)16-8-21)22-9-17-26(35)18-10-22/h3-18,27-28,36-37H,1-2H3/t27-,28-/m1/s1. The predicted molar refractivity (Wildman–Crippen MR) is 135 cm³/mol. The van der Waals surface area contributed by atoms with Gasteiger partial charge in [-0.1, -0.05) is 48.5 Å². The van der Waals surface area contributed by atoms with Gasteiger partial charge < -0.3 is 19.7 Å². The molecule has 2 N–H and O–H groups in total. The van der Waals surface area contributed by atoms with Crippen LogP contribution in [0.25, 0.3) is 0 Å². The monoisotopic (exact) mass is 538 g/mol. The summed E-state index contributed by atoms with van der Waals surface area (Å²) in [7, 11) is 0. The van der Waals surface area contributed by atoms with Crippen molar-refractivity contribution in [3.8, 4) is 0 Å². The molecule has 4 aromatic rings. The van der Waals surface area contributed by atoms with E-state index in [0.29, 0.717) is 0 Å². The fourth-order valence-corrected chi connectivity index (χ4v) is 5.18. The third kappa shape index (κ3) is 4.85. The molecule has 0 saturated carbocycles. The normalized spacial score (nSPS) is 19.3. The highest BCUT2D eigenvalue weighted by molar-refractivity contribution is 5.43. The van der Waals surface area contributed by atoms with Crippen molar-refractivity contribution in [1.29, 1.82) is 0 Å². The van der Waals surface area contributed by atoms with Gasteiger partial charge in [-0.05, 0) is 84.6 Å². The molecule has 0 amide bonds. The van der Waals surface area contributed by atoms with E-state index < -0.39 is 52.5 Å². The van der Waals surface area contributed by atoms with E-state index >= 15 is 0 Å². The van der Waals surface area contributed by atoms with Crippen molar-refractivity contribution < 1.29 is 37.2 Å². The Morgan fingerprint density at radius 2 is 0.692 bits per heavy atom. The Bertz CT molecular complexity index is 1230. The van der Waals surface area contributed by atoms with E-state index in [4.69, 9.17) is 9.47 Å². The molecule has 4 aromatic carbocycles.